The van der Waals surface area contributed by atoms with Crippen molar-refractivity contribution in [3.8, 4) is 17.2 Å². The molecule has 0 saturated carbocycles. The SMILES string of the molecule is CN(CCOc1ccc(Cl)cc1)C(=O)CN(C)S(=O)(=O)c1ccc2c(c1)OCCO2. The molecule has 0 fully saturated rings. The number of nitrogens with zero attached hydrogens (tertiary/aromatic N) is 2. The Balaban J connectivity index is 1.55. The van der Waals surface area contributed by atoms with Crippen molar-refractivity contribution >= 4 is 27.5 Å². The van der Waals surface area contributed by atoms with Crippen LogP contribution in [0.5, 0.6) is 17.2 Å². The van der Waals surface area contributed by atoms with E-state index in [9.17, 15) is 13.2 Å². The van der Waals surface area contributed by atoms with Crippen LogP contribution in [0, 0.1) is 0 Å². The molecule has 0 saturated heterocycles. The van der Waals surface area contributed by atoms with Gasteiger partial charge in [-0.05, 0) is 36.4 Å². The van der Waals surface area contributed by atoms with E-state index in [2.05, 4.69) is 0 Å². The molecule has 0 bridgehead atoms. The van der Waals surface area contributed by atoms with Gasteiger partial charge in [-0.15, -0.1) is 0 Å². The van der Waals surface area contributed by atoms with E-state index in [1.165, 1.54) is 24.1 Å². The fraction of sp³-hybridized carbons (Fsp3) is 0.350. The van der Waals surface area contributed by atoms with Gasteiger partial charge in [0, 0.05) is 25.2 Å². The summed E-state index contributed by atoms with van der Waals surface area (Å²) in [6.07, 6.45) is 0. The zero-order chi connectivity index (χ0) is 21.7. The third kappa shape index (κ3) is 5.35. The predicted molar refractivity (Wildman–Crippen MR) is 112 cm³/mol. The first-order chi connectivity index (χ1) is 14.3. The molecular formula is C20H23ClN2O6S. The van der Waals surface area contributed by atoms with E-state index in [1.54, 1.807) is 37.4 Å². The van der Waals surface area contributed by atoms with Gasteiger partial charge in [0.2, 0.25) is 15.9 Å². The lowest BCUT2D eigenvalue weighted by atomic mass is 10.3. The van der Waals surface area contributed by atoms with Gasteiger partial charge in [-0.1, -0.05) is 11.6 Å². The second-order valence-electron chi connectivity index (χ2n) is 6.68. The number of hydrogen-bond donors (Lipinski definition) is 0. The first-order valence-electron chi connectivity index (χ1n) is 9.25. The number of carbonyl (C=O) groups excluding carboxylic acids is 1. The number of sulfonamides is 1. The van der Waals surface area contributed by atoms with Crippen molar-refractivity contribution < 1.29 is 27.4 Å². The van der Waals surface area contributed by atoms with Gasteiger partial charge in [0.1, 0.15) is 25.6 Å². The average molecular weight is 455 g/mol. The minimum Gasteiger partial charge on any atom is -0.492 e. The van der Waals surface area contributed by atoms with Gasteiger partial charge in [-0.3, -0.25) is 4.79 Å². The summed E-state index contributed by atoms with van der Waals surface area (Å²) >= 11 is 5.83. The number of carbonyl (C=O) groups is 1. The summed E-state index contributed by atoms with van der Waals surface area (Å²) in [5.41, 5.74) is 0. The lowest BCUT2D eigenvalue weighted by Crippen LogP contribution is -2.40. The standard InChI is InChI=1S/C20H23ClN2O6S/c1-22(9-10-27-16-5-3-15(21)4-6-16)20(24)14-23(2)30(25,26)17-7-8-18-19(13-17)29-12-11-28-18/h3-8,13H,9-12,14H2,1-2H3. The molecule has 1 heterocycles. The third-order valence-electron chi connectivity index (χ3n) is 4.51. The second kappa shape index (κ2) is 9.55. The largest absolute Gasteiger partial charge is 0.492 e. The molecule has 0 radical (unpaired) electrons. The Labute approximate surface area is 180 Å². The Hall–Kier alpha value is -2.49. The van der Waals surface area contributed by atoms with Gasteiger partial charge in [0.05, 0.1) is 18.0 Å². The Morgan fingerprint density at radius 1 is 1.07 bits per heavy atom. The van der Waals surface area contributed by atoms with Crippen LogP contribution in [0.2, 0.25) is 5.02 Å². The number of fused-ring (bicyclic) bond motifs is 1. The number of ether oxygens (including phenoxy) is 3. The van der Waals surface area contributed by atoms with Crippen molar-refractivity contribution in [3.05, 3.63) is 47.5 Å². The maximum atomic E-state index is 12.8. The topological polar surface area (TPSA) is 85.4 Å². The minimum absolute atomic E-state index is 0.0378. The van der Waals surface area contributed by atoms with Crippen molar-refractivity contribution in [2.45, 2.75) is 4.90 Å². The summed E-state index contributed by atoms with van der Waals surface area (Å²) in [7, 11) is -0.904. The van der Waals surface area contributed by atoms with E-state index in [1.807, 2.05) is 0 Å². The quantitative estimate of drug-likeness (QED) is 0.608. The number of rotatable bonds is 8. The third-order valence-corrected chi connectivity index (χ3v) is 6.57. The number of hydrogen-bond acceptors (Lipinski definition) is 6. The highest BCUT2D eigenvalue weighted by atomic mass is 35.5. The van der Waals surface area contributed by atoms with Crippen molar-refractivity contribution in [1.82, 2.24) is 9.21 Å². The van der Waals surface area contributed by atoms with Crippen LogP contribution in [-0.2, 0) is 14.8 Å². The highest BCUT2D eigenvalue weighted by Gasteiger charge is 2.26. The molecule has 0 atom stereocenters. The zero-order valence-corrected chi connectivity index (χ0v) is 18.3. The van der Waals surface area contributed by atoms with E-state index >= 15 is 0 Å². The summed E-state index contributed by atoms with van der Waals surface area (Å²) < 4.78 is 43.1. The number of amides is 1. The van der Waals surface area contributed by atoms with Crippen LogP contribution in [0.25, 0.3) is 0 Å². The van der Waals surface area contributed by atoms with Crippen LogP contribution in [0.15, 0.2) is 47.4 Å². The molecule has 162 valence electrons. The normalized spacial score (nSPS) is 13.2. The summed E-state index contributed by atoms with van der Waals surface area (Å²) in [6.45, 7) is 1.05. The molecule has 1 aliphatic heterocycles. The fourth-order valence-corrected chi connectivity index (χ4v) is 3.98. The Morgan fingerprint density at radius 2 is 1.73 bits per heavy atom. The number of likely N-dealkylation sites (N-methyl/N-ethyl adjacent to an activating group) is 2. The van der Waals surface area contributed by atoms with Gasteiger partial charge in [0.15, 0.2) is 11.5 Å². The van der Waals surface area contributed by atoms with E-state index in [4.69, 9.17) is 25.8 Å². The number of benzene rings is 2. The van der Waals surface area contributed by atoms with Crippen LogP contribution >= 0.6 is 11.6 Å². The van der Waals surface area contributed by atoms with Crippen LogP contribution in [0.1, 0.15) is 0 Å². The average Bonchev–Trinajstić information content (AvgIpc) is 2.74. The van der Waals surface area contributed by atoms with Crippen molar-refractivity contribution in [2.75, 3.05) is 47.0 Å². The van der Waals surface area contributed by atoms with E-state index in [0.717, 1.165) is 4.31 Å². The molecular weight excluding hydrogens is 432 g/mol. The lowest BCUT2D eigenvalue weighted by molar-refractivity contribution is -0.130. The molecule has 0 unspecified atom stereocenters. The molecule has 3 rings (SSSR count). The van der Waals surface area contributed by atoms with Crippen LogP contribution in [-0.4, -0.2) is 70.5 Å². The Bertz CT molecular complexity index is 997. The Kier molecular flexibility index (Phi) is 7.06. The lowest BCUT2D eigenvalue weighted by Gasteiger charge is -2.23. The highest BCUT2D eigenvalue weighted by molar-refractivity contribution is 7.89. The molecule has 30 heavy (non-hydrogen) atoms. The Morgan fingerprint density at radius 3 is 2.43 bits per heavy atom. The van der Waals surface area contributed by atoms with Crippen LogP contribution < -0.4 is 14.2 Å². The smallest absolute Gasteiger partial charge is 0.243 e. The molecule has 0 N–H and O–H groups in total. The first kappa shape index (κ1) is 22.2. The number of halogens is 1. The summed E-state index contributed by atoms with van der Waals surface area (Å²) in [5, 5.41) is 0.608. The van der Waals surface area contributed by atoms with Gasteiger partial charge in [0.25, 0.3) is 0 Å². The van der Waals surface area contributed by atoms with E-state index in [-0.39, 0.29) is 24.0 Å². The highest BCUT2D eigenvalue weighted by Crippen LogP contribution is 2.32. The maximum Gasteiger partial charge on any atom is 0.243 e. The predicted octanol–water partition coefficient (Wildman–Crippen LogP) is 2.27. The molecule has 2 aromatic rings. The second-order valence-corrected chi connectivity index (χ2v) is 9.17. The summed E-state index contributed by atoms with van der Waals surface area (Å²) in [4.78, 5) is 13.9. The monoisotopic (exact) mass is 454 g/mol. The molecule has 8 nitrogen and oxygen atoms in total. The summed E-state index contributed by atoms with van der Waals surface area (Å²) in [6, 6.07) is 11.3. The fourth-order valence-electron chi connectivity index (χ4n) is 2.72. The molecule has 0 aliphatic carbocycles. The van der Waals surface area contributed by atoms with E-state index < -0.39 is 10.0 Å². The zero-order valence-electron chi connectivity index (χ0n) is 16.7. The van der Waals surface area contributed by atoms with Gasteiger partial charge >= 0.3 is 0 Å². The van der Waals surface area contributed by atoms with Gasteiger partial charge < -0.3 is 19.1 Å². The molecule has 2 aromatic carbocycles. The minimum atomic E-state index is -3.86. The molecule has 10 heteroatoms. The van der Waals surface area contributed by atoms with Crippen molar-refractivity contribution in [3.63, 3.8) is 0 Å². The van der Waals surface area contributed by atoms with Crippen molar-refractivity contribution in [2.24, 2.45) is 0 Å². The van der Waals surface area contributed by atoms with Crippen LogP contribution in [0.4, 0.5) is 0 Å². The molecule has 0 spiro atoms. The van der Waals surface area contributed by atoms with E-state index in [0.29, 0.717) is 42.0 Å². The van der Waals surface area contributed by atoms with Gasteiger partial charge in [-0.25, -0.2) is 8.42 Å². The van der Waals surface area contributed by atoms with Gasteiger partial charge in [-0.2, -0.15) is 4.31 Å². The molecule has 0 aromatic heterocycles. The maximum absolute atomic E-state index is 12.8. The first-order valence-corrected chi connectivity index (χ1v) is 11.1. The summed E-state index contributed by atoms with van der Waals surface area (Å²) in [5.74, 6) is 1.16. The van der Waals surface area contributed by atoms with Crippen molar-refractivity contribution in [1.29, 1.82) is 0 Å². The molecule has 1 amide bonds. The van der Waals surface area contributed by atoms with Crippen LogP contribution in [0.3, 0.4) is 0 Å². The molecule has 1 aliphatic rings.